The van der Waals surface area contributed by atoms with Gasteiger partial charge in [-0.1, -0.05) is 0 Å². The van der Waals surface area contributed by atoms with Gasteiger partial charge in [-0.3, -0.25) is 4.18 Å². The van der Waals surface area contributed by atoms with Crippen LogP contribution in [-0.2, 0) is 44.7 Å². The molecule has 0 saturated carbocycles. The van der Waals surface area contributed by atoms with Gasteiger partial charge in [-0.25, -0.2) is 33.7 Å². The van der Waals surface area contributed by atoms with E-state index in [0.717, 1.165) is 30.3 Å². The number of halogens is 2. The monoisotopic (exact) mass is 817 g/mol. The fraction of sp³-hybridized carbons (Fsp3) is 0.0952. The molecule has 4 aromatic rings. The SMILES string of the molecule is O=S(=O)([O-])OCCS(=O)(=O)c1ccc(N=Nc2c(S(=O)(=O)[O-])cc3cc(S(=O)(=O)[O-])cc(Nc4nc(Cl)nc(Cl)n4)c3c2O)cc1.[K+].[Na+]. The summed E-state index contributed by atoms with van der Waals surface area (Å²) in [5.74, 6) is -2.34. The number of nitrogens with one attached hydrogen (secondary N) is 1. The third-order valence-electron chi connectivity index (χ3n) is 5.55. The van der Waals surface area contributed by atoms with Gasteiger partial charge in [0, 0.05) is 5.39 Å². The van der Waals surface area contributed by atoms with Crippen molar-refractivity contribution in [3.63, 3.8) is 0 Å². The van der Waals surface area contributed by atoms with Gasteiger partial charge in [-0.15, -0.1) is 5.11 Å². The van der Waals surface area contributed by atoms with Gasteiger partial charge >= 0.3 is 80.9 Å². The number of nitrogens with zero attached hydrogens (tertiary/aromatic N) is 5. The second kappa shape index (κ2) is 16.6. The standard InChI is InChI=1S/C21H16Cl2N6O13S4.K.Na/c22-19-25-20(23)27-21(26-19)24-14-9-13(44(33,34)35)7-10-8-15(45(36,37)38)17(18(30)16(10)14)29-28-11-1-3-12(4-2-11)43(31,32)6-5-42-46(39,40)41;;/h1-4,7-9,30H,5-6H2,(H,33,34,35)(H,36,37,38)(H,39,40,41)(H,24,25,26,27);;/q;2*+1/p-3. The molecule has 48 heavy (non-hydrogen) atoms. The Kier molecular flexibility index (Phi) is 14.9. The molecule has 246 valence electrons. The molecule has 0 aliphatic heterocycles. The summed E-state index contributed by atoms with van der Waals surface area (Å²) in [4.78, 5) is 8.52. The van der Waals surface area contributed by atoms with Gasteiger partial charge in [-0.05, 0) is 71.1 Å². The molecule has 3 aromatic carbocycles. The van der Waals surface area contributed by atoms with Crippen LogP contribution in [0.2, 0.25) is 10.6 Å². The van der Waals surface area contributed by atoms with Crippen molar-refractivity contribution in [3.05, 3.63) is 53.0 Å². The molecule has 2 N–H and O–H groups in total. The van der Waals surface area contributed by atoms with E-state index in [9.17, 15) is 52.4 Å². The van der Waals surface area contributed by atoms with Gasteiger partial charge in [0.25, 0.3) is 0 Å². The molecule has 0 radical (unpaired) electrons. The summed E-state index contributed by atoms with van der Waals surface area (Å²) in [6.45, 7) is -0.949. The smallest absolute Gasteiger partial charge is 0.744 e. The minimum absolute atomic E-state index is 0. The van der Waals surface area contributed by atoms with Gasteiger partial charge < -0.3 is 24.1 Å². The largest absolute Gasteiger partial charge is 1.00 e. The number of hydrogen-bond donors (Lipinski definition) is 2. The van der Waals surface area contributed by atoms with Crippen molar-refractivity contribution in [2.45, 2.75) is 14.7 Å². The van der Waals surface area contributed by atoms with E-state index in [4.69, 9.17) is 23.2 Å². The number of phenols is 1. The molecule has 0 fully saturated rings. The molecule has 0 saturated heterocycles. The van der Waals surface area contributed by atoms with Crippen molar-refractivity contribution in [1.29, 1.82) is 0 Å². The van der Waals surface area contributed by atoms with Gasteiger partial charge in [0.2, 0.25) is 26.9 Å². The number of fused-ring (bicyclic) bond motifs is 1. The summed E-state index contributed by atoms with van der Waals surface area (Å²) >= 11 is 11.5. The van der Waals surface area contributed by atoms with Crippen LogP contribution in [0.1, 0.15) is 0 Å². The molecule has 0 atom stereocenters. The number of benzene rings is 3. The second-order valence-corrected chi connectivity index (χ2v) is 15.2. The number of anilines is 2. The zero-order chi connectivity index (χ0) is 34.2. The summed E-state index contributed by atoms with van der Waals surface area (Å²) in [7, 11) is -19.9. The van der Waals surface area contributed by atoms with Crippen molar-refractivity contribution in [2.24, 2.45) is 10.2 Å². The Morgan fingerprint density at radius 2 is 1.40 bits per heavy atom. The molecule has 19 nitrogen and oxygen atoms in total. The van der Waals surface area contributed by atoms with Crippen molar-refractivity contribution in [1.82, 2.24) is 15.0 Å². The van der Waals surface area contributed by atoms with E-state index in [2.05, 4.69) is 34.7 Å². The Morgan fingerprint density at radius 3 is 1.92 bits per heavy atom. The molecule has 0 bridgehead atoms. The maximum Gasteiger partial charge on any atom is 1.00 e. The number of aromatic hydroxyl groups is 1. The van der Waals surface area contributed by atoms with E-state index in [1.54, 1.807) is 0 Å². The predicted molar refractivity (Wildman–Crippen MR) is 153 cm³/mol. The predicted octanol–water partition coefficient (Wildman–Crippen LogP) is -3.74. The van der Waals surface area contributed by atoms with Crippen LogP contribution >= 0.6 is 23.2 Å². The van der Waals surface area contributed by atoms with Crippen molar-refractivity contribution >= 4 is 97.5 Å². The van der Waals surface area contributed by atoms with Crippen molar-refractivity contribution < 1.29 is 138 Å². The number of sulfone groups is 1. The molecule has 0 amide bonds. The number of rotatable bonds is 11. The fourth-order valence-corrected chi connectivity index (χ4v) is 6.71. The summed E-state index contributed by atoms with van der Waals surface area (Å²) in [5.41, 5.74) is -1.51. The minimum Gasteiger partial charge on any atom is -0.744 e. The number of aromatic nitrogens is 3. The number of azo groups is 1. The zero-order valence-electron chi connectivity index (χ0n) is 23.9. The molecule has 0 aliphatic rings. The van der Waals surface area contributed by atoms with Gasteiger partial charge in [0.15, 0.2) is 15.6 Å². The van der Waals surface area contributed by atoms with E-state index in [0.29, 0.717) is 12.1 Å². The van der Waals surface area contributed by atoms with Crippen LogP contribution in [-0.4, -0.2) is 79.7 Å². The first-order valence-electron chi connectivity index (χ1n) is 11.6. The molecule has 0 aliphatic carbocycles. The quantitative estimate of drug-likeness (QED) is 0.0636. The zero-order valence-corrected chi connectivity index (χ0v) is 33.8. The Morgan fingerprint density at radius 1 is 0.812 bits per heavy atom. The average molecular weight is 819 g/mol. The third-order valence-corrected chi connectivity index (χ3v) is 9.70. The average Bonchev–Trinajstić information content (AvgIpc) is 2.90. The summed E-state index contributed by atoms with van der Waals surface area (Å²) < 4.78 is 132. The first-order chi connectivity index (χ1) is 21.1. The maximum atomic E-state index is 12.4. The van der Waals surface area contributed by atoms with Crippen LogP contribution in [0.3, 0.4) is 0 Å². The van der Waals surface area contributed by atoms with Crippen LogP contribution < -0.4 is 86.3 Å². The molecular formula is C21H13Cl2KN6NaO13S4-. The molecule has 0 unspecified atom stereocenters. The van der Waals surface area contributed by atoms with E-state index in [1.807, 2.05) is 0 Å². The maximum absolute atomic E-state index is 12.4. The van der Waals surface area contributed by atoms with Crippen LogP contribution in [0, 0.1) is 0 Å². The Labute approximate surface area is 346 Å². The Hall–Kier alpha value is -1.01. The van der Waals surface area contributed by atoms with Crippen LogP contribution in [0.25, 0.3) is 10.8 Å². The van der Waals surface area contributed by atoms with E-state index < -0.39 is 107 Å². The molecule has 0 spiro atoms. The molecule has 1 aromatic heterocycles. The van der Waals surface area contributed by atoms with Crippen LogP contribution in [0.4, 0.5) is 23.0 Å². The van der Waals surface area contributed by atoms with Gasteiger partial charge in [0.1, 0.15) is 25.9 Å². The van der Waals surface area contributed by atoms with Crippen molar-refractivity contribution in [2.75, 3.05) is 17.7 Å². The molecule has 1 heterocycles. The van der Waals surface area contributed by atoms with E-state index in [1.165, 1.54) is 0 Å². The van der Waals surface area contributed by atoms with Crippen LogP contribution in [0.5, 0.6) is 5.75 Å². The van der Waals surface area contributed by atoms with Crippen molar-refractivity contribution in [3.8, 4) is 5.75 Å². The normalized spacial score (nSPS) is 12.4. The molecular weight excluding hydrogens is 806 g/mol. The van der Waals surface area contributed by atoms with Crippen LogP contribution in [0.15, 0.2) is 67.4 Å². The number of hydrogen-bond acceptors (Lipinski definition) is 19. The van der Waals surface area contributed by atoms with Gasteiger partial charge in [0.05, 0.1) is 38.4 Å². The summed E-state index contributed by atoms with van der Waals surface area (Å²) in [6, 6.07) is 6.17. The summed E-state index contributed by atoms with van der Waals surface area (Å²) in [6.07, 6.45) is 0. The third kappa shape index (κ3) is 11.2. The number of phenolic OH excluding ortho intramolecular Hbond substituents is 1. The summed E-state index contributed by atoms with van der Waals surface area (Å²) in [5, 5.41) is 19.3. The Bertz CT molecular complexity index is 2330. The fourth-order valence-electron chi connectivity index (χ4n) is 3.68. The Balaban J connectivity index is 0.00000400. The van der Waals surface area contributed by atoms with Gasteiger partial charge in [-0.2, -0.15) is 20.1 Å². The minimum atomic E-state index is -5.46. The second-order valence-electron chi connectivity index (χ2n) is 8.61. The topological polar surface area (TPSA) is 311 Å². The molecule has 4 rings (SSSR count). The van der Waals surface area contributed by atoms with E-state index in [-0.39, 0.29) is 91.5 Å². The first kappa shape index (κ1) is 43.2. The molecule has 27 heteroatoms. The van der Waals surface area contributed by atoms with E-state index >= 15 is 0 Å². The first-order valence-corrected chi connectivity index (χ1v) is 18.1.